The average Bonchev–Trinajstić information content (AvgIpc) is 3.20. The van der Waals surface area contributed by atoms with Crippen molar-refractivity contribution in [3.8, 4) is 5.75 Å². The summed E-state index contributed by atoms with van der Waals surface area (Å²) in [5.41, 5.74) is 3.01. The lowest BCUT2D eigenvalue weighted by Crippen LogP contribution is -2.28. The largest absolute Gasteiger partial charge is 0.485 e. The highest BCUT2D eigenvalue weighted by Crippen LogP contribution is 2.20. The Bertz CT molecular complexity index is 944. The summed E-state index contributed by atoms with van der Waals surface area (Å²) in [6.45, 7) is 6.56. The van der Waals surface area contributed by atoms with Crippen molar-refractivity contribution in [1.82, 2.24) is 5.32 Å². The summed E-state index contributed by atoms with van der Waals surface area (Å²) in [5, 5.41) is 13.0. The number of rotatable bonds is 8. The van der Waals surface area contributed by atoms with Crippen LogP contribution in [0.1, 0.15) is 58.9 Å². The van der Waals surface area contributed by atoms with Gasteiger partial charge in [0.05, 0.1) is 6.10 Å². The van der Waals surface area contributed by atoms with E-state index in [2.05, 4.69) is 19.2 Å². The molecule has 29 heavy (non-hydrogen) atoms. The number of aliphatic hydroxyl groups is 1. The van der Waals surface area contributed by atoms with Crippen LogP contribution < -0.4 is 10.1 Å². The maximum Gasteiger partial charge on any atom is 0.287 e. The predicted molar refractivity (Wildman–Crippen MR) is 112 cm³/mol. The molecule has 0 radical (unpaired) electrons. The van der Waals surface area contributed by atoms with Crippen molar-refractivity contribution in [3.63, 3.8) is 0 Å². The summed E-state index contributed by atoms with van der Waals surface area (Å²) in [4.78, 5) is 12.3. The highest BCUT2D eigenvalue weighted by molar-refractivity contribution is 5.91. The number of hydrogen-bond acceptors (Lipinski definition) is 4. The third-order valence-electron chi connectivity index (χ3n) is 4.79. The molecule has 0 bridgehead atoms. The fourth-order valence-electron chi connectivity index (χ4n) is 2.94. The number of carbonyl (C=O) groups excluding carboxylic acids is 1. The molecule has 1 aromatic heterocycles. The number of hydrogen-bond donors (Lipinski definition) is 2. The number of amides is 1. The van der Waals surface area contributed by atoms with Crippen LogP contribution in [0.4, 0.5) is 0 Å². The molecule has 0 aliphatic heterocycles. The van der Waals surface area contributed by atoms with Crippen LogP contribution in [0.3, 0.4) is 0 Å². The molecule has 0 aliphatic rings. The zero-order valence-electron chi connectivity index (χ0n) is 17.0. The topological polar surface area (TPSA) is 71.7 Å². The van der Waals surface area contributed by atoms with Crippen LogP contribution in [0.25, 0.3) is 0 Å². The van der Waals surface area contributed by atoms with Crippen molar-refractivity contribution >= 4 is 5.91 Å². The van der Waals surface area contributed by atoms with E-state index in [0.29, 0.717) is 11.7 Å². The lowest BCUT2D eigenvalue weighted by molar-refractivity contribution is 0.0885. The van der Waals surface area contributed by atoms with Crippen LogP contribution in [0.2, 0.25) is 0 Å². The van der Waals surface area contributed by atoms with Crippen LogP contribution >= 0.6 is 0 Å². The summed E-state index contributed by atoms with van der Waals surface area (Å²) < 4.78 is 11.3. The molecule has 2 N–H and O–H groups in total. The quantitative estimate of drug-likeness (QED) is 0.579. The molecule has 2 aromatic carbocycles. The van der Waals surface area contributed by atoms with Gasteiger partial charge in [-0.05, 0) is 47.7 Å². The molecule has 1 heterocycles. The number of aliphatic hydroxyl groups excluding tert-OH is 1. The number of ether oxygens (including phenoxy) is 1. The molecule has 5 nitrogen and oxygen atoms in total. The summed E-state index contributed by atoms with van der Waals surface area (Å²) in [7, 11) is 0. The first-order chi connectivity index (χ1) is 13.9. The van der Waals surface area contributed by atoms with E-state index in [1.54, 1.807) is 12.1 Å². The fourth-order valence-corrected chi connectivity index (χ4v) is 2.94. The molecule has 0 saturated heterocycles. The molecular formula is C24H27NO4. The van der Waals surface area contributed by atoms with E-state index in [4.69, 9.17) is 9.15 Å². The molecule has 0 spiro atoms. The fraction of sp³-hybridized carbons (Fsp3) is 0.292. The molecule has 3 aromatic rings. The lowest BCUT2D eigenvalue weighted by Gasteiger charge is -2.13. The Kier molecular flexibility index (Phi) is 6.73. The minimum atomic E-state index is -0.779. The molecule has 0 saturated carbocycles. The van der Waals surface area contributed by atoms with Gasteiger partial charge in [0.15, 0.2) is 5.76 Å². The van der Waals surface area contributed by atoms with E-state index in [-0.39, 0.29) is 24.8 Å². The van der Waals surface area contributed by atoms with Gasteiger partial charge < -0.3 is 19.6 Å². The van der Waals surface area contributed by atoms with E-state index >= 15 is 0 Å². The Balaban J connectivity index is 1.51. The molecule has 1 unspecified atom stereocenters. The molecule has 152 valence electrons. The summed E-state index contributed by atoms with van der Waals surface area (Å²) in [5.74, 6) is 1.59. The van der Waals surface area contributed by atoms with Crippen LogP contribution in [0.5, 0.6) is 5.75 Å². The van der Waals surface area contributed by atoms with Gasteiger partial charge in [0.25, 0.3) is 5.91 Å². The Morgan fingerprint density at radius 2 is 1.72 bits per heavy atom. The van der Waals surface area contributed by atoms with Gasteiger partial charge in [-0.3, -0.25) is 4.79 Å². The normalized spacial score (nSPS) is 12.0. The van der Waals surface area contributed by atoms with Crippen molar-refractivity contribution < 1.29 is 19.1 Å². The van der Waals surface area contributed by atoms with Crippen molar-refractivity contribution in [1.29, 1.82) is 0 Å². The SMILES string of the molecule is Cc1ccccc1OCc1ccc(C(=O)NCC(O)c2ccc(C(C)C)cc2)o1. The molecular weight excluding hydrogens is 366 g/mol. The maximum absolute atomic E-state index is 12.3. The van der Waals surface area contributed by atoms with E-state index in [0.717, 1.165) is 16.9 Å². The minimum absolute atomic E-state index is 0.107. The highest BCUT2D eigenvalue weighted by atomic mass is 16.5. The van der Waals surface area contributed by atoms with Gasteiger partial charge in [-0.1, -0.05) is 56.3 Å². The second-order valence-electron chi connectivity index (χ2n) is 7.37. The Morgan fingerprint density at radius 3 is 2.41 bits per heavy atom. The van der Waals surface area contributed by atoms with Crippen molar-refractivity contribution in [2.45, 2.75) is 39.4 Å². The number of nitrogens with one attached hydrogen (secondary N) is 1. The minimum Gasteiger partial charge on any atom is -0.485 e. The maximum atomic E-state index is 12.3. The molecule has 1 atom stereocenters. The third-order valence-corrected chi connectivity index (χ3v) is 4.79. The molecule has 5 heteroatoms. The van der Waals surface area contributed by atoms with Gasteiger partial charge in [-0.15, -0.1) is 0 Å². The number of furan rings is 1. The average molecular weight is 393 g/mol. The van der Waals surface area contributed by atoms with Crippen LogP contribution in [-0.4, -0.2) is 17.6 Å². The summed E-state index contributed by atoms with van der Waals surface area (Å²) in [6.07, 6.45) is -0.779. The van der Waals surface area contributed by atoms with Crippen molar-refractivity contribution in [2.75, 3.05) is 6.54 Å². The zero-order chi connectivity index (χ0) is 20.8. The standard InChI is InChI=1S/C24H27NO4/c1-16(2)18-8-10-19(11-9-18)21(26)14-25-24(27)23-13-12-20(29-23)15-28-22-7-5-4-6-17(22)3/h4-13,16,21,26H,14-15H2,1-3H3,(H,25,27). The highest BCUT2D eigenvalue weighted by Gasteiger charge is 2.15. The first kappa shape index (κ1) is 20.7. The monoisotopic (exact) mass is 393 g/mol. The predicted octanol–water partition coefficient (Wildman–Crippen LogP) is 4.75. The zero-order valence-corrected chi connectivity index (χ0v) is 17.0. The lowest BCUT2D eigenvalue weighted by atomic mass is 10.00. The van der Waals surface area contributed by atoms with E-state index in [9.17, 15) is 9.90 Å². The molecule has 0 fully saturated rings. The van der Waals surface area contributed by atoms with E-state index in [1.807, 2.05) is 55.5 Å². The van der Waals surface area contributed by atoms with Gasteiger partial charge in [-0.25, -0.2) is 0 Å². The molecule has 3 rings (SSSR count). The van der Waals surface area contributed by atoms with Gasteiger partial charge in [-0.2, -0.15) is 0 Å². The second-order valence-corrected chi connectivity index (χ2v) is 7.37. The van der Waals surface area contributed by atoms with E-state index in [1.165, 1.54) is 5.56 Å². The number of para-hydroxylation sites is 1. The molecule has 0 aliphatic carbocycles. The number of aryl methyl sites for hydroxylation is 1. The van der Waals surface area contributed by atoms with Crippen LogP contribution in [-0.2, 0) is 6.61 Å². The van der Waals surface area contributed by atoms with Gasteiger partial charge in [0.2, 0.25) is 0 Å². The molecule has 1 amide bonds. The van der Waals surface area contributed by atoms with Gasteiger partial charge in [0.1, 0.15) is 18.1 Å². The van der Waals surface area contributed by atoms with E-state index < -0.39 is 6.10 Å². The smallest absolute Gasteiger partial charge is 0.287 e. The van der Waals surface area contributed by atoms with Crippen LogP contribution in [0.15, 0.2) is 65.1 Å². The van der Waals surface area contributed by atoms with Gasteiger partial charge in [0, 0.05) is 6.54 Å². The second kappa shape index (κ2) is 9.43. The Morgan fingerprint density at radius 1 is 1.03 bits per heavy atom. The third kappa shape index (κ3) is 5.48. The first-order valence-electron chi connectivity index (χ1n) is 9.77. The summed E-state index contributed by atoms with van der Waals surface area (Å²) >= 11 is 0. The Hall–Kier alpha value is -3.05. The summed E-state index contributed by atoms with van der Waals surface area (Å²) in [6, 6.07) is 18.8. The van der Waals surface area contributed by atoms with Crippen LogP contribution in [0, 0.1) is 6.92 Å². The van der Waals surface area contributed by atoms with Crippen molar-refractivity contribution in [3.05, 3.63) is 88.9 Å². The number of benzene rings is 2. The Labute approximate surface area is 171 Å². The number of carbonyl (C=O) groups is 1. The first-order valence-corrected chi connectivity index (χ1v) is 9.77. The van der Waals surface area contributed by atoms with Crippen molar-refractivity contribution in [2.24, 2.45) is 0 Å². The van der Waals surface area contributed by atoms with Gasteiger partial charge >= 0.3 is 0 Å².